The summed E-state index contributed by atoms with van der Waals surface area (Å²) in [5.74, 6) is 4.88. The number of hydrogen-bond donors (Lipinski definition) is 0. The van der Waals surface area contributed by atoms with E-state index in [9.17, 15) is 4.79 Å². The fourth-order valence-corrected chi connectivity index (χ4v) is 18.7. The van der Waals surface area contributed by atoms with Crippen molar-refractivity contribution in [3.63, 3.8) is 0 Å². The third kappa shape index (κ3) is 23.9. The molecule has 0 bridgehead atoms. The Kier molecular flexibility index (Phi) is 36.1. The molecular formula is C73H93N3OP2PtS4. The number of fused-ring (bicyclic) bond motifs is 1. The van der Waals surface area contributed by atoms with Crippen LogP contribution in [-0.4, -0.2) is 52.0 Å². The number of rotatable bonds is 30. The van der Waals surface area contributed by atoms with Crippen LogP contribution < -0.4 is 4.90 Å². The summed E-state index contributed by atoms with van der Waals surface area (Å²) < 4.78 is 9.52. The second-order valence-corrected chi connectivity index (χ2v) is 30.6. The molecule has 0 radical (unpaired) electrons. The van der Waals surface area contributed by atoms with Gasteiger partial charge in [0.05, 0.1) is 11.7 Å². The topological polar surface area (TPSA) is 46.1 Å². The molecule has 4 heterocycles. The van der Waals surface area contributed by atoms with Crippen LogP contribution in [0.1, 0.15) is 187 Å². The third-order valence-corrected chi connectivity index (χ3v) is 24.0. The maximum atomic E-state index is 10.1. The van der Waals surface area contributed by atoms with Gasteiger partial charge in [0.25, 0.3) is 0 Å². The van der Waals surface area contributed by atoms with Gasteiger partial charge in [-0.1, -0.05) is 194 Å². The van der Waals surface area contributed by atoms with Gasteiger partial charge in [-0.25, -0.2) is 22.7 Å². The number of carbonyl (C=O) groups is 1. The number of unbranched alkanes of at least 4 members (excludes halogenated alkanes) is 9. The zero-order chi connectivity index (χ0) is 59.6. The van der Waals surface area contributed by atoms with Crippen molar-refractivity contribution in [3.8, 4) is 43.2 Å². The maximum Gasteiger partial charge on any atom is 2.00 e. The molecule has 8 rings (SSSR count). The van der Waals surface area contributed by atoms with Crippen molar-refractivity contribution in [1.82, 2.24) is 8.75 Å². The predicted octanol–water partition coefficient (Wildman–Crippen LogP) is 24.2. The fraction of sp³-hybridized carbons (Fsp3) is 0.438. The average molecular weight is 1410 g/mol. The Hall–Kier alpha value is -4.06. The number of thiophene rings is 3. The van der Waals surface area contributed by atoms with Crippen molar-refractivity contribution in [1.29, 1.82) is 0 Å². The number of carbonyl (C=O) groups excluding carboxylic acids is 1. The molecule has 4 nitrogen and oxygen atoms in total. The molecule has 450 valence electrons. The smallest absolute Gasteiger partial charge is 0.365 e. The molecule has 0 amide bonds. The summed E-state index contributed by atoms with van der Waals surface area (Å²) in [5.41, 5.74) is 12.4. The van der Waals surface area contributed by atoms with Gasteiger partial charge >= 0.3 is 21.1 Å². The van der Waals surface area contributed by atoms with Gasteiger partial charge in [-0.05, 0) is 150 Å². The first kappa shape index (κ1) is 72.4. The summed E-state index contributed by atoms with van der Waals surface area (Å²) >= 11 is 5.95. The fourth-order valence-electron chi connectivity index (χ4n) is 9.55. The first-order chi connectivity index (χ1) is 40.6. The monoisotopic (exact) mass is 1410 g/mol. The molecule has 0 N–H and O–H groups in total. The Labute approximate surface area is 542 Å². The summed E-state index contributed by atoms with van der Waals surface area (Å²) in [5, 5.41) is 0. The van der Waals surface area contributed by atoms with E-state index < -0.39 is 0 Å². The Morgan fingerprint density at radius 2 is 0.917 bits per heavy atom. The molecule has 0 aliphatic heterocycles. The van der Waals surface area contributed by atoms with Crippen LogP contribution in [0.25, 0.3) is 42.4 Å². The van der Waals surface area contributed by atoms with Crippen molar-refractivity contribution in [3.05, 3.63) is 159 Å². The molecule has 4 aromatic carbocycles. The number of hydrogen-bond acceptors (Lipinski definition) is 8. The van der Waals surface area contributed by atoms with Gasteiger partial charge < -0.3 is 17.7 Å². The molecular weight excluding hydrogens is 1320 g/mol. The van der Waals surface area contributed by atoms with Gasteiger partial charge in [0.15, 0.2) is 6.29 Å². The molecule has 0 aliphatic carbocycles. The van der Waals surface area contributed by atoms with Crippen LogP contribution in [0.2, 0.25) is 0 Å². The molecule has 0 aliphatic rings. The zero-order valence-electron chi connectivity index (χ0n) is 51.9. The number of aryl methyl sites for hydroxylation is 3. The second-order valence-electron chi connectivity index (χ2n) is 21.5. The summed E-state index contributed by atoms with van der Waals surface area (Å²) in [6.45, 7) is 20.4. The standard InChI is InChI=1S/C42H36N3S3.2C12H27P.C7H3OS.Pt/c1-5-7-8-9-10-31-27-40(46-37(31)6-2)36-24-23-35(41-42(36)44-48-43-41)39-26-25-38(47-39)30-15-21-34(22-16-30)45(32-17-11-28(3)12-18-32)33-19-13-29(4)14-20-33;2*1-4-7-10-13(11-8-5-2)12-9-6-3;1-2-6-3-4-7(5-8)9-6;/h11-27H,5,7-10H2,1,3-4H3;2*4-12H2,1-3H3;3-5H;/q-1;;;-1;+2. The van der Waals surface area contributed by atoms with Gasteiger partial charge in [0.1, 0.15) is 11.0 Å². The Balaban J connectivity index is 0.000000341. The minimum Gasteiger partial charge on any atom is -0.365 e. The van der Waals surface area contributed by atoms with E-state index in [-0.39, 0.29) is 21.1 Å². The van der Waals surface area contributed by atoms with E-state index in [0.29, 0.717) is 25.6 Å². The van der Waals surface area contributed by atoms with Crippen molar-refractivity contribution >= 4 is 96.0 Å². The Morgan fingerprint density at radius 3 is 1.32 bits per heavy atom. The van der Waals surface area contributed by atoms with Crippen molar-refractivity contribution in [2.24, 2.45) is 0 Å². The van der Waals surface area contributed by atoms with E-state index in [0.717, 1.165) is 68.1 Å². The molecule has 0 unspecified atom stereocenters. The van der Waals surface area contributed by atoms with Gasteiger partial charge in [-0.2, -0.15) is 8.75 Å². The van der Waals surface area contributed by atoms with E-state index in [4.69, 9.17) is 21.6 Å². The van der Waals surface area contributed by atoms with Crippen molar-refractivity contribution in [2.75, 3.05) is 41.9 Å². The van der Waals surface area contributed by atoms with Crippen LogP contribution in [0.15, 0.2) is 115 Å². The van der Waals surface area contributed by atoms with E-state index in [1.54, 1.807) is 71.8 Å². The van der Waals surface area contributed by atoms with Crippen LogP contribution in [0, 0.1) is 38.5 Å². The number of aldehydes is 1. The van der Waals surface area contributed by atoms with Gasteiger partial charge in [0.2, 0.25) is 0 Å². The van der Waals surface area contributed by atoms with Crippen LogP contribution in [0.3, 0.4) is 0 Å². The first-order valence-electron chi connectivity index (χ1n) is 31.0. The minimum absolute atomic E-state index is 0. The number of nitrogens with zero attached hydrogens (tertiary/aromatic N) is 3. The number of aromatic nitrogens is 2. The molecule has 4 aromatic heterocycles. The predicted molar refractivity (Wildman–Crippen MR) is 376 cm³/mol. The summed E-state index contributed by atoms with van der Waals surface area (Å²) in [6, 6.07) is 40.7. The molecule has 84 heavy (non-hydrogen) atoms. The molecule has 0 saturated heterocycles. The Bertz CT molecular complexity index is 3040. The second kappa shape index (κ2) is 41.9. The SMILES string of the molecule is CCCCP(CCCC)CCCC.CCCCP(CCCC)CCCC.[C-]#Cc1ccc(C=O)s1.[C-]#Cc1sc(-c2ccc(-c3ccc(-c4ccc(N(c5ccc(C)cc5)c5ccc(C)cc5)cc4)s3)c3nsnc23)cc1CCCCCC.[Pt+2]. The summed E-state index contributed by atoms with van der Waals surface area (Å²) in [6.07, 6.45) is 47.6. The minimum atomic E-state index is 0. The van der Waals surface area contributed by atoms with E-state index in [1.165, 1.54) is 151 Å². The van der Waals surface area contributed by atoms with Gasteiger partial charge in [-0.3, -0.25) is 16.6 Å². The van der Waals surface area contributed by atoms with E-state index in [2.05, 4.69) is 182 Å². The number of anilines is 3. The van der Waals surface area contributed by atoms with E-state index in [1.807, 2.05) is 0 Å². The zero-order valence-corrected chi connectivity index (χ0v) is 59.2. The van der Waals surface area contributed by atoms with Crippen molar-refractivity contribution in [2.45, 2.75) is 171 Å². The molecule has 8 aromatic rings. The van der Waals surface area contributed by atoms with Crippen LogP contribution in [0.5, 0.6) is 0 Å². The number of benzene rings is 4. The molecule has 0 atom stereocenters. The molecule has 0 spiro atoms. The van der Waals surface area contributed by atoms with Crippen molar-refractivity contribution < 1.29 is 25.9 Å². The largest absolute Gasteiger partial charge is 2.00 e. The molecule has 0 saturated carbocycles. The van der Waals surface area contributed by atoms with Crippen LogP contribution in [-0.2, 0) is 27.5 Å². The van der Waals surface area contributed by atoms with Gasteiger partial charge in [0, 0.05) is 47.7 Å². The van der Waals surface area contributed by atoms with Crippen LogP contribution in [0.4, 0.5) is 17.1 Å². The normalized spacial score (nSPS) is 10.7. The molecule has 0 fully saturated rings. The summed E-state index contributed by atoms with van der Waals surface area (Å²) in [7, 11) is 0.843. The third-order valence-electron chi connectivity index (χ3n) is 14.6. The first-order valence-corrected chi connectivity index (χ1v) is 37.9. The summed E-state index contributed by atoms with van der Waals surface area (Å²) in [4.78, 5) is 18.2. The maximum absolute atomic E-state index is 10.1. The average Bonchev–Trinajstić information content (AvgIpc) is 2.61. The van der Waals surface area contributed by atoms with E-state index >= 15 is 0 Å². The van der Waals surface area contributed by atoms with Crippen LogP contribution >= 0.6 is 61.6 Å². The molecule has 11 heteroatoms. The van der Waals surface area contributed by atoms with Gasteiger partial charge in [-0.15, -0.1) is 38.8 Å². The quantitative estimate of drug-likeness (QED) is 0.0148. The Morgan fingerprint density at radius 1 is 0.476 bits per heavy atom.